The Labute approximate surface area is 98.3 Å². The van der Waals surface area contributed by atoms with Crippen molar-refractivity contribution in [2.45, 2.75) is 0 Å². The maximum Gasteiger partial charge on any atom is 0.143 e. The van der Waals surface area contributed by atoms with E-state index in [1.807, 2.05) is 41.9 Å². The zero-order chi connectivity index (χ0) is 11.8. The van der Waals surface area contributed by atoms with Gasteiger partial charge >= 0.3 is 0 Å². The number of hydrogen-bond donors (Lipinski definition) is 0. The molecule has 0 spiro atoms. The summed E-state index contributed by atoms with van der Waals surface area (Å²) in [7, 11) is 1.90. The van der Waals surface area contributed by atoms with Gasteiger partial charge in [0.05, 0.1) is 16.6 Å². The third-order valence-electron chi connectivity index (χ3n) is 2.90. The lowest BCUT2D eigenvalue weighted by Gasteiger charge is -2.03. The Hall–Kier alpha value is -2.16. The van der Waals surface area contributed by atoms with Crippen LogP contribution in [0.25, 0.3) is 22.4 Å². The Balaban J connectivity index is 2.32. The summed E-state index contributed by atoms with van der Waals surface area (Å²) in [5, 5.41) is 0. The molecule has 3 rings (SSSR count). The van der Waals surface area contributed by atoms with Crippen molar-refractivity contribution in [1.29, 1.82) is 0 Å². The molecule has 3 aromatic rings. The molecular formula is C14H11FN2. The van der Waals surface area contributed by atoms with Gasteiger partial charge in [-0.1, -0.05) is 24.3 Å². The minimum absolute atomic E-state index is 0.245. The lowest BCUT2D eigenvalue weighted by atomic mass is 10.2. The summed E-state index contributed by atoms with van der Waals surface area (Å²) in [5.41, 5.74) is 2.42. The van der Waals surface area contributed by atoms with Crippen LogP contribution >= 0.6 is 0 Å². The molecule has 0 unspecified atom stereocenters. The largest absolute Gasteiger partial charge is 0.327 e. The number of nitrogens with zero attached hydrogens (tertiary/aromatic N) is 2. The van der Waals surface area contributed by atoms with Crippen LogP contribution in [0.2, 0.25) is 0 Å². The van der Waals surface area contributed by atoms with Gasteiger partial charge < -0.3 is 4.57 Å². The lowest BCUT2D eigenvalue weighted by Crippen LogP contribution is -1.94. The average Bonchev–Trinajstić information content (AvgIpc) is 2.68. The predicted molar refractivity (Wildman–Crippen MR) is 66.1 cm³/mol. The number of para-hydroxylation sites is 2. The molecule has 0 saturated heterocycles. The zero-order valence-corrected chi connectivity index (χ0v) is 9.39. The predicted octanol–water partition coefficient (Wildman–Crippen LogP) is 3.38. The van der Waals surface area contributed by atoms with E-state index in [4.69, 9.17) is 0 Å². The highest BCUT2D eigenvalue weighted by atomic mass is 19.1. The van der Waals surface area contributed by atoms with Crippen LogP contribution in [0.1, 0.15) is 0 Å². The van der Waals surface area contributed by atoms with Crippen molar-refractivity contribution >= 4 is 11.0 Å². The third-order valence-corrected chi connectivity index (χ3v) is 2.90. The second kappa shape index (κ2) is 3.70. The van der Waals surface area contributed by atoms with E-state index >= 15 is 0 Å². The molecule has 1 aromatic heterocycles. The first-order valence-corrected chi connectivity index (χ1v) is 5.44. The molecule has 0 fully saturated rings. The highest BCUT2D eigenvalue weighted by Crippen LogP contribution is 2.25. The summed E-state index contributed by atoms with van der Waals surface area (Å²) in [6.07, 6.45) is 0. The fourth-order valence-electron chi connectivity index (χ4n) is 2.03. The molecule has 0 aliphatic rings. The molecule has 0 bridgehead atoms. The van der Waals surface area contributed by atoms with E-state index in [9.17, 15) is 4.39 Å². The van der Waals surface area contributed by atoms with E-state index in [1.165, 1.54) is 6.07 Å². The fourth-order valence-corrected chi connectivity index (χ4v) is 2.03. The van der Waals surface area contributed by atoms with Gasteiger partial charge in [-0.05, 0) is 24.3 Å². The molecule has 0 saturated carbocycles. The van der Waals surface area contributed by atoms with Gasteiger partial charge in [0, 0.05) is 7.05 Å². The van der Waals surface area contributed by atoms with Crippen molar-refractivity contribution in [3.63, 3.8) is 0 Å². The van der Waals surface area contributed by atoms with E-state index in [0.717, 1.165) is 11.0 Å². The second-order valence-electron chi connectivity index (χ2n) is 3.96. The third kappa shape index (κ3) is 1.51. The number of benzene rings is 2. The Morgan fingerprint density at radius 1 is 1.00 bits per heavy atom. The van der Waals surface area contributed by atoms with E-state index < -0.39 is 0 Å². The van der Waals surface area contributed by atoms with Crippen molar-refractivity contribution in [1.82, 2.24) is 9.55 Å². The van der Waals surface area contributed by atoms with Crippen LogP contribution in [0.15, 0.2) is 48.5 Å². The molecule has 0 aliphatic carbocycles. The zero-order valence-electron chi connectivity index (χ0n) is 9.39. The van der Waals surface area contributed by atoms with Crippen molar-refractivity contribution in [2.75, 3.05) is 0 Å². The minimum atomic E-state index is -0.245. The van der Waals surface area contributed by atoms with Gasteiger partial charge in [0.1, 0.15) is 11.6 Å². The molecule has 0 radical (unpaired) electrons. The average molecular weight is 226 g/mol. The van der Waals surface area contributed by atoms with Gasteiger partial charge in [0.25, 0.3) is 0 Å². The molecule has 0 aliphatic heterocycles. The lowest BCUT2D eigenvalue weighted by molar-refractivity contribution is 0.629. The number of fused-ring (bicyclic) bond motifs is 1. The Morgan fingerprint density at radius 2 is 1.71 bits per heavy atom. The quantitative estimate of drug-likeness (QED) is 0.622. The highest BCUT2D eigenvalue weighted by Gasteiger charge is 2.12. The van der Waals surface area contributed by atoms with Crippen LogP contribution in [-0.2, 0) is 7.05 Å². The molecule has 0 N–H and O–H groups in total. The second-order valence-corrected chi connectivity index (χ2v) is 3.96. The van der Waals surface area contributed by atoms with Gasteiger partial charge in [-0.25, -0.2) is 9.37 Å². The number of imidazole rings is 1. The molecule has 2 nitrogen and oxygen atoms in total. The van der Waals surface area contributed by atoms with E-state index in [1.54, 1.807) is 12.1 Å². The normalized spacial score (nSPS) is 10.9. The van der Waals surface area contributed by atoms with E-state index in [-0.39, 0.29) is 5.82 Å². The van der Waals surface area contributed by atoms with E-state index in [0.29, 0.717) is 11.4 Å². The van der Waals surface area contributed by atoms with Crippen LogP contribution in [-0.4, -0.2) is 9.55 Å². The highest BCUT2D eigenvalue weighted by molar-refractivity contribution is 5.80. The molecular weight excluding hydrogens is 215 g/mol. The monoisotopic (exact) mass is 226 g/mol. The van der Waals surface area contributed by atoms with Gasteiger partial charge in [-0.15, -0.1) is 0 Å². The first-order valence-electron chi connectivity index (χ1n) is 5.44. The molecule has 2 aromatic carbocycles. The molecule has 84 valence electrons. The van der Waals surface area contributed by atoms with Crippen LogP contribution in [0.3, 0.4) is 0 Å². The van der Waals surface area contributed by atoms with Crippen molar-refractivity contribution < 1.29 is 4.39 Å². The van der Waals surface area contributed by atoms with Crippen LogP contribution < -0.4 is 0 Å². The Morgan fingerprint density at radius 3 is 2.47 bits per heavy atom. The molecule has 1 heterocycles. The molecule has 0 amide bonds. The van der Waals surface area contributed by atoms with Crippen molar-refractivity contribution in [3.8, 4) is 11.4 Å². The summed E-state index contributed by atoms with van der Waals surface area (Å²) in [6, 6.07) is 14.5. The van der Waals surface area contributed by atoms with Crippen LogP contribution in [0.4, 0.5) is 4.39 Å². The summed E-state index contributed by atoms with van der Waals surface area (Å²) in [5.74, 6) is 0.412. The van der Waals surface area contributed by atoms with Gasteiger partial charge in [-0.3, -0.25) is 0 Å². The van der Waals surface area contributed by atoms with Gasteiger partial charge in [0.2, 0.25) is 0 Å². The number of aryl methyl sites for hydroxylation is 1. The fraction of sp³-hybridized carbons (Fsp3) is 0.0714. The number of halogens is 1. The van der Waals surface area contributed by atoms with Crippen molar-refractivity contribution in [3.05, 3.63) is 54.3 Å². The van der Waals surface area contributed by atoms with Gasteiger partial charge in [-0.2, -0.15) is 0 Å². The molecule has 17 heavy (non-hydrogen) atoms. The van der Waals surface area contributed by atoms with Crippen LogP contribution in [0, 0.1) is 5.82 Å². The summed E-state index contributed by atoms with van der Waals surface area (Å²) in [4.78, 5) is 4.47. The first kappa shape index (κ1) is 10.0. The van der Waals surface area contributed by atoms with Crippen LogP contribution in [0.5, 0.6) is 0 Å². The van der Waals surface area contributed by atoms with Gasteiger partial charge in [0.15, 0.2) is 0 Å². The Kier molecular flexibility index (Phi) is 2.18. The smallest absolute Gasteiger partial charge is 0.143 e. The number of aromatic nitrogens is 2. The summed E-state index contributed by atoms with van der Waals surface area (Å²) >= 11 is 0. The first-order chi connectivity index (χ1) is 8.27. The van der Waals surface area contributed by atoms with E-state index in [2.05, 4.69) is 4.98 Å². The van der Waals surface area contributed by atoms with Crippen molar-refractivity contribution in [2.24, 2.45) is 7.05 Å². The molecule has 0 atom stereocenters. The summed E-state index contributed by atoms with van der Waals surface area (Å²) in [6.45, 7) is 0. The SMILES string of the molecule is Cn1c(-c2ccccc2F)nc2ccccc21. The maximum atomic E-state index is 13.7. The molecule has 3 heteroatoms. The minimum Gasteiger partial charge on any atom is -0.327 e. The topological polar surface area (TPSA) is 17.8 Å². The summed E-state index contributed by atoms with van der Waals surface area (Å²) < 4.78 is 15.6. The maximum absolute atomic E-state index is 13.7. The standard InChI is InChI=1S/C14H11FN2/c1-17-13-9-5-4-8-12(13)16-14(17)10-6-2-3-7-11(10)15/h2-9H,1H3. The number of hydrogen-bond acceptors (Lipinski definition) is 1. The number of rotatable bonds is 1. The Bertz CT molecular complexity index is 686.